The number of nitrogens with zero attached hydrogens (tertiary/aromatic N) is 3. The fourth-order valence-electron chi connectivity index (χ4n) is 1.49. The molecule has 132 valence electrons. The van der Waals surface area contributed by atoms with Gasteiger partial charge in [-0.05, 0) is 57.9 Å². The van der Waals surface area contributed by atoms with Crippen molar-refractivity contribution in [2.45, 2.75) is 46.7 Å². The quantitative estimate of drug-likeness (QED) is 0.899. The molecule has 0 aliphatic heterocycles. The lowest BCUT2D eigenvalue weighted by Gasteiger charge is -2.19. The van der Waals surface area contributed by atoms with Crippen molar-refractivity contribution in [2.75, 3.05) is 0 Å². The van der Waals surface area contributed by atoms with E-state index in [1.165, 1.54) is 6.07 Å². The van der Waals surface area contributed by atoms with Crippen LogP contribution in [0, 0.1) is 25.2 Å². The number of nitrogens with one attached hydrogen (secondary N) is 1. The molecule has 0 bridgehead atoms. The van der Waals surface area contributed by atoms with Gasteiger partial charge < -0.3 is 10.1 Å². The smallest absolute Gasteiger partial charge is 0.407 e. The van der Waals surface area contributed by atoms with Crippen LogP contribution in [0.2, 0.25) is 0 Å². The van der Waals surface area contributed by atoms with E-state index >= 15 is 0 Å². The van der Waals surface area contributed by atoms with Gasteiger partial charge in [0.1, 0.15) is 17.4 Å². The van der Waals surface area contributed by atoms with Crippen molar-refractivity contribution < 1.29 is 12.3 Å². The highest BCUT2D eigenvalue weighted by Crippen LogP contribution is 2.06. The first-order valence-electron chi connectivity index (χ1n) is 8.70. The Kier molecular flexibility index (Phi) is 6.34. The van der Waals surface area contributed by atoms with Crippen LogP contribution in [0.15, 0.2) is 36.7 Å². The number of carbonyl (C=O) groups is 1. The number of alkyl carbamates (subject to hydrolysis) is 1. The van der Waals surface area contributed by atoms with E-state index in [1.54, 1.807) is 45.3 Å². The number of ether oxygens (including phenoxy) is 1. The van der Waals surface area contributed by atoms with Gasteiger partial charge in [0.15, 0.2) is 0 Å². The third-order valence-corrected chi connectivity index (χ3v) is 2.63. The molecule has 1 N–H and O–H groups in total. The van der Waals surface area contributed by atoms with Crippen LogP contribution in [0.25, 0.3) is 0 Å². The molecule has 0 aromatic carbocycles. The maximum absolute atomic E-state index is 11.5. The highest BCUT2D eigenvalue weighted by molar-refractivity contribution is 5.67. The van der Waals surface area contributed by atoms with Crippen LogP contribution in [0.4, 0.5) is 4.79 Å². The summed E-state index contributed by atoms with van der Waals surface area (Å²) >= 11 is 0. The van der Waals surface area contributed by atoms with E-state index in [0.717, 1.165) is 11.1 Å². The number of amides is 1. The molecule has 2 aromatic rings. The Labute approximate surface area is 151 Å². The van der Waals surface area contributed by atoms with Crippen molar-refractivity contribution in [3.8, 4) is 6.07 Å². The third kappa shape index (κ3) is 9.06. The van der Waals surface area contributed by atoms with E-state index in [2.05, 4.69) is 15.3 Å². The van der Waals surface area contributed by atoms with E-state index in [1.807, 2.05) is 26.0 Å². The predicted octanol–water partition coefficient (Wildman–Crippen LogP) is 3.68. The summed E-state index contributed by atoms with van der Waals surface area (Å²) in [5.74, 6) is 0. The average molecular weight is 342 g/mol. The molecule has 0 radical (unpaired) electrons. The largest absolute Gasteiger partial charge is 0.444 e. The number of hydrogen-bond acceptors (Lipinski definition) is 5. The Hall–Kier alpha value is -2.94. The molecule has 0 unspecified atom stereocenters. The normalized spacial score (nSPS) is 11.8. The molecule has 0 spiro atoms. The number of hydrogen-bond donors (Lipinski definition) is 1. The second kappa shape index (κ2) is 9.38. The number of aryl methyl sites for hydroxylation is 2. The van der Waals surface area contributed by atoms with E-state index in [-0.39, 0.29) is 5.69 Å². The Morgan fingerprint density at radius 1 is 1.20 bits per heavy atom. The summed E-state index contributed by atoms with van der Waals surface area (Å²) in [7, 11) is 0. The van der Waals surface area contributed by atoms with Gasteiger partial charge >= 0.3 is 6.09 Å². The Balaban J connectivity index is 0.000000337. The number of nitriles is 1. The summed E-state index contributed by atoms with van der Waals surface area (Å²) in [6.45, 7) is 6.88. The zero-order chi connectivity index (χ0) is 20.7. The molecule has 25 heavy (non-hydrogen) atoms. The monoisotopic (exact) mass is 342 g/mol. The summed E-state index contributed by atoms with van der Waals surface area (Å²) < 4.78 is 20.5. The minimum absolute atomic E-state index is 0.138. The zero-order valence-corrected chi connectivity index (χ0v) is 15.1. The lowest BCUT2D eigenvalue weighted by molar-refractivity contribution is 0.0523. The number of aromatic nitrogens is 2. The summed E-state index contributed by atoms with van der Waals surface area (Å²) in [4.78, 5) is 19.3. The maximum Gasteiger partial charge on any atom is 0.407 e. The van der Waals surface area contributed by atoms with Gasteiger partial charge in [-0.2, -0.15) is 5.26 Å². The summed E-state index contributed by atoms with van der Waals surface area (Å²) in [6, 6.07) is 8.78. The molecule has 6 heteroatoms. The lowest BCUT2D eigenvalue weighted by atomic mass is 10.2. The minimum atomic E-state index is -2.06. The molecule has 0 atom stereocenters. The van der Waals surface area contributed by atoms with E-state index in [0.29, 0.717) is 5.69 Å². The van der Waals surface area contributed by atoms with Gasteiger partial charge in [0, 0.05) is 12.4 Å². The Morgan fingerprint density at radius 2 is 1.80 bits per heavy atom. The molecule has 6 nitrogen and oxygen atoms in total. The fourth-order valence-corrected chi connectivity index (χ4v) is 1.49. The van der Waals surface area contributed by atoms with Crippen molar-refractivity contribution >= 4 is 6.09 Å². The van der Waals surface area contributed by atoms with Crippen LogP contribution in [-0.4, -0.2) is 21.7 Å². The van der Waals surface area contributed by atoms with Crippen molar-refractivity contribution in [2.24, 2.45) is 0 Å². The zero-order valence-electron chi connectivity index (χ0n) is 17.1. The SMILES string of the molecule is Cc1ccc(C#N)nc1.[2H]C([2H])(NC(=O)OC(C)(C)C)c1ccc(C)cn1. The highest BCUT2D eigenvalue weighted by atomic mass is 16.6. The van der Waals surface area contributed by atoms with Crippen molar-refractivity contribution in [1.82, 2.24) is 15.3 Å². The maximum atomic E-state index is 11.5. The first kappa shape index (κ1) is 16.9. The molecule has 2 heterocycles. The molecule has 1 amide bonds. The second-order valence-electron chi connectivity index (χ2n) is 6.31. The summed E-state index contributed by atoms with van der Waals surface area (Å²) in [5, 5.41) is 10.5. The molecule has 0 aliphatic carbocycles. The molecule has 0 aliphatic rings. The molecular weight excluding hydrogens is 316 g/mol. The van der Waals surface area contributed by atoms with E-state index < -0.39 is 18.2 Å². The van der Waals surface area contributed by atoms with Crippen LogP contribution in [0.1, 0.15) is 46.0 Å². The van der Waals surface area contributed by atoms with Crippen molar-refractivity contribution in [3.05, 3.63) is 59.2 Å². The van der Waals surface area contributed by atoms with Crippen LogP contribution in [-0.2, 0) is 11.2 Å². The van der Waals surface area contributed by atoms with Gasteiger partial charge in [0.25, 0.3) is 0 Å². The first-order chi connectivity index (χ1) is 12.4. The van der Waals surface area contributed by atoms with E-state index in [4.69, 9.17) is 12.7 Å². The average Bonchev–Trinajstić information content (AvgIpc) is 2.54. The topological polar surface area (TPSA) is 87.9 Å². The first-order valence-corrected chi connectivity index (χ1v) is 7.70. The molecule has 0 saturated heterocycles. The molecule has 2 aromatic heterocycles. The Bertz CT molecular complexity index is 792. The van der Waals surface area contributed by atoms with Gasteiger partial charge in [-0.15, -0.1) is 0 Å². The summed E-state index contributed by atoms with van der Waals surface area (Å²) in [6.07, 6.45) is 2.41. The number of pyridine rings is 2. The van der Waals surface area contributed by atoms with Gasteiger partial charge in [0.2, 0.25) is 0 Å². The van der Waals surface area contributed by atoms with Gasteiger partial charge in [-0.1, -0.05) is 12.1 Å². The fraction of sp³-hybridized carbons (Fsp3) is 0.368. The van der Waals surface area contributed by atoms with E-state index in [9.17, 15) is 4.79 Å². The van der Waals surface area contributed by atoms with Crippen LogP contribution < -0.4 is 5.32 Å². The molecular formula is C19H24N4O2. The van der Waals surface area contributed by atoms with Crippen LogP contribution in [0.3, 0.4) is 0 Å². The van der Waals surface area contributed by atoms with Crippen LogP contribution in [0.5, 0.6) is 0 Å². The van der Waals surface area contributed by atoms with Gasteiger partial charge in [0.05, 0.1) is 14.9 Å². The number of rotatable bonds is 2. The summed E-state index contributed by atoms with van der Waals surface area (Å²) in [5.41, 5.74) is 1.95. The van der Waals surface area contributed by atoms with Gasteiger partial charge in [-0.25, -0.2) is 9.78 Å². The Morgan fingerprint density at radius 3 is 2.24 bits per heavy atom. The van der Waals surface area contributed by atoms with Crippen molar-refractivity contribution in [1.29, 1.82) is 5.26 Å². The third-order valence-electron chi connectivity index (χ3n) is 2.63. The van der Waals surface area contributed by atoms with Crippen molar-refractivity contribution in [3.63, 3.8) is 0 Å². The minimum Gasteiger partial charge on any atom is -0.444 e. The molecule has 2 rings (SSSR count). The predicted molar refractivity (Wildman–Crippen MR) is 95.7 cm³/mol. The lowest BCUT2D eigenvalue weighted by Crippen LogP contribution is -2.32. The number of carbonyl (C=O) groups excluding carboxylic acids is 1. The van der Waals surface area contributed by atoms with Gasteiger partial charge in [-0.3, -0.25) is 4.98 Å². The second-order valence-corrected chi connectivity index (χ2v) is 6.31. The van der Waals surface area contributed by atoms with Crippen LogP contribution >= 0.6 is 0 Å². The highest BCUT2D eigenvalue weighted by Gasteiger charge is 2.15. The molecule has 0 fully saturated rings. The standard InChI is InChI=1S/C12H18N2O2.C7H6N2/c1-9-5-6-10(13-7-9)8-14-11(15)16-12(2,3)4;1-6-2-3-7(4-8)9-5-6/h5-7H,8H2,1-4H3,(H,14,15);2-3,5H,1H3/i8D2;. The molecule has 0 saturated carbocycles.